The molecule has 0 aliphatic carbocycles. The van der Waals surface area contributed by atoms with E-state index in [-0.39, 0.29) is 5.54 Å². The summed E-state index contributed by atoms with van der Waals surface area (Å²) in [5.74, 6) is 0. The van der Waals surface area contributed by atoms with Gasteiger partial charge in [0.1, 0.15) is 0 Å². The van der Waals surface area contributed by atoms with Crippen molar-refractivity contribution in [3.8, 4) is 0 Å². The predicted molar refractivity (Wildman–Crippen MR) is 78.5 cm³/mol. The van der Waals surface area contributed by atoms with Crippen molar-refractivity contribution in [2.75, 3.05) is 0 Å². The minimum Gasteiger partial charge on any atom is -0.304 e. The van der Waals surface area contributed by atoms with Gasteiger partial charge < -0.3 is 5.43 Å². The molecule has 0 bridgehead atoms. The van der Waals surface area contributed by atoms with Gasteiger partial charge in [-0.15, -0.1) is 0 Å². The third-order valence-electron chi connectivity index (χ3n) is 3.05. The maximum atomic E-state index is 4.38. The highest BCUT2D eigenvalue weighted by molar-refractivity contribution is 5.96. The third kappa shape index (κ3) is 8.96. The van der Waals surface area contributed by atoms with Gasteiger partial charge in [0.15, 0.2) is 0 Å². The van der Waals surface area contributed by atoms with Gasteiger partial charge in [-0.2, -0.15) is 5.10 Å². The number of nitrogens with one attached hydrogen (secondary N) is 1. The van der Waals surface area contributed by atoms with Gasteiger partial charge in [0.2, 0.25) is 0 Å². The van der Waals surface area contributed by atoms with E-state index < -0.39 is 0 Å². The number of unbranched alkanes of at least 4 members (excludes halogenated alkanes) is 4. The Hall–Kier alpha value is -0.790. The molecule has 17 heavy (non-hydrogen) atoms. The van der Waals surface area contributed by atoms with Gasteiger partial charge in [-0.25, -0.2) is 0 Å². The van der Waals surface area contributed by atoms with Gasteiger partial charge in [0, 0.05) is 5.54 Å². The zero-order valence-corrected chi connectivity index (χ0v) is 12.4. The molecule has 0 atom stereocenters. The molecule has 0 aliphatic heterocycles. The molecule has 0 aromatic rings. The van der Waals surface area contributed by atoms with Crippen molar-refractivity contribution in [3.05, 3.63) is 12.2 Å². The van der Waals surface area contributed by atoms with Crippen molar-refractivity contribution in [3.63, 3.8) is 0 Å². The van der Waals surface area contributed by atoms with Crippen molar-refractivity contribution >= 4 is 5.71 Å². The summed E-state index contributed by atoms with van der Waals surface area (Å²) in [7, 11) is 0. The smallest absolute Gasteiger partial charge is 0.0595 e. The molecule has 0 aliphatic rings. The zero-order valence-electron chi connectivity index (χ0n) is 12.4. The monoisotopic (exact) mass is 238 g/mol. The molecule has 0 fully saturated rings. The summed E-state index contributed by atoms with van der Waals surface area (Å²) >= 11 is 0. The van der Waals surface area contributed by atoms with Crippen molar-refractivity contribution in [2.24, 2.45) is 5.10 Å². The molecule has 0 saturated heterocycles. The van der Waals surface area contributed by atoms with Gasteiger partial charge in [-0.1, -0.05) is 45.6 Å². The Morgan fingerprint density at radius 3 is 2.24 bits per heavy atom. The van der Waals surface area contributed by atoms with Gasteiger partial charge in [-0.05, 0) is 39.7 Å². The van der Waals surface area contributed by atoms with Crippen LogP contribution >= 0.6 is 0 Å². The van der Waals surface area contributed by atoms with Crippen LogP contribution in [-0.2, 0) is 0 Å². The molecule has 0 saturated carbocycles. The van der Waals surface area contributed by atoms with Gasteiger partial charge >= 0.3 is 0 Å². The van der Waals surface area contributed by atoms with Crippen LogP contribution in [0.15, 0.2) is 17.3 Å². The van der Waals surface area contributed by atoms with E-state index in [4.69, 9.17) is 0 Å². The van der Waals surface area contributed by atoms with Crippen molar-refractivity contribution in [1.82, 2.24) is 5.43 Å². The van der Waals surface area contributed by atoms with Crippen LogP contribution in [0.4, 0.5) is 0 Å². The summed E-state index contributed by atoms with van der Waals surface area (Å²) < 4.78 is 0. The summed E-state index contributed by atoms with van der Waals surface area (Å²) in [6.45, 7) is 14.5. The molecule has 2 nitrogen and oxygen atoms in total. The highest BCUT2D eigenvalue weighted by atomic mass is 15.3. The number of allylic oxidation sites excluding steroid dienone is 1. The standard InChI is InChI=1S/C15H30N2/c1-7-8-9-10-11-12-15(5,6)17-16-14(4)13(2)3/h17H,2,7-12H2,1,3-6H3. The summed E-state index contributed by atoms with van der Waals surface area (Å²) in [6, 6.07) is 0. The van der Waals surface area contributed by atoms with Crippen LogP contribution < -0.4 is 5.43 Å². The van der Waals surface area contributed by atoms with Gasteiger partial charge in [0.05, 0.1) is 5.71 Å². The molecule has 0 amide bonds. The van der Waals surface area contributed by atoms with Gasteiger partial charge in [0.25, 0.3) is 0 Å². The van der Waals surface area contributed by atoms with E-state index in [0.717, 1.165) is 11.3 Å². The molecule has 0 rings (SSSR count). The molecule has 0 heterocycles. The average Bonchev–Trinajstić information content (AvgIpc) is 2.25. The van der Waals surface area contributed by atoms with Crippen LogP contribution in [-0.4, -0.2) is 11.3 Å². The number of rotatable bonds is 9. The summed E-state index contributed by atoms with van der Waals surface area (Å²) in [5.41, 5.74) is 5.36. The topological polar surface area (TPSA) is 24.4 Å². The first-order chi connectivity index (χ1) is 7.89. The molecular formula is C15H30N2. The normalized spacial score (nSPS) is 12.6. The maximum Gasteiger partial charge on any atom is 0.0595 e. The Morgan fingerprint density at radius 2 is 1.71 bits per heavy atom. The van der Waals surface area contributed by atoms with Crippen molar-refractivity contribution < 1.29 is 0 Å². The SMILES string of the molecule is C=C(C)C(C)=NNC(C)(C)CCCCCCC. The van der Waals surface area contributed by atoms with Crippen LogP contribution in [0.1, 0.15) is 73.1 Å². The van der Waals surface area contributed by atoms with E-state index in [1.165, 1.54) is 38.5 Å². The summed E-state index contributed by atoms with van der Waals surface area (Å²) in [6.07, 6.45) is 7.82. The molecule has 0 radical (unpaired) electrons. The Balaban J connectivity index is 3.87. The number of nitrogens with zero attached hydrogens (tertiary/aromatic N) is 1. The highest BCUT2D eigenvalue weighted by Crippen LogP contribution is 2.15. The lowest BCUT2D eigenvalue weighted by atomic mass is 9.97. The lowest BCUT2D eigenvalue weighted by molar-refractivity contribution is 0.355. The molecule has 1 N–H and O–H groups in total. The quantitative estimate of drug-likeness (QED) is 0.352. The molecular weight excluding hydrogens is 208 g/mol. The third-order valence-corrected chi connectivity index (χ3v) is 3.05. The van der Waals surface area contributed by atoms with E-state index >= 15 is 0 Å². The van der Waals surface area contributed by atoms with Crippen molar-refractivity contribution in [2.45, 2.75) is 78.7 Å². The van der Waals surface area contributed by atoms with E-state index in [2.05, 4.69) is 37.9 Å². The molecule has 2 heteroatoms. The Kier molecular flexibility index (Phi) is 7.94. The van der Waals surface area contributed by atoms with Crippen LogP contribution in [0.5, 0.6) is 0 Å². The first-order valence-corrected chi connectivity index (χ1v) is 6.86. The zero-order chi connectivity index (χ0) is 13.3. The predicted octanol–water partition coefficient (Wildman–Crippen LogP) is 4.67. The second-order valence-electron chi connectivity index (χ2n) is 5.64. The van der Waals surface area contributed by atoms with Gasteiger partial charge in [-0.3, -0.25) is 0 Å². The molecule has 100 valence electrons. The molecule has 0 unspecified atom stereocenters. The minimum absolute atomic E-state index is 0.0862. The second kappa shape index (κ2) is 8.32. The lowest BCUT2D eigenvalue weighted by Crippen LogP contribution is -2.36. The number of hydrogen-bond acceptors (Lipinski definition) is 2. The summed E-state index contributed by atoms with van der Waals surface area (Å²) in [4.78, 5) is 0. The fourth-order valence-electron chi connectivity index (χ4n) is 1.56. The van der Waals surface area contributed by atoms with E-state index in [1.807, 2.05) is 13.8 Å². The summed E-state index contributed by atoms with van der Waals surface area (Å²) in [5, 5.41) is 4.38. The average molecular weight is 238 g/mol. The molecule has 0 aromatic heterocycles. The van der Waals surface area contributed by atoms with E-state index in [1.54, 1.807) is 0 Å². The van der Waals surface area contributed by atoms with Crippen LogP contribution in [0, 0.1) is 0 Å². The van der Waals surface area contributed by atoms with Crippen molar-refractivity contribution in [1.29, 1.82) is 0 Å². The highest BCUT2D eigenvalue weighted by Gasteiger charge is 2.15. The van der Waals surface area contributed by atoms with E-state index in [0.29, 0.717) is 0 Å². The molecule has 0 aromatic carbocycles. The fraction of sp³-hybridized carbons (Fsp3) is 0.800. The Labute approximate surface area is 108 Å². The number of hydrazone groups is 1. The fourth-order valence-corrected chi connectivity index (χ4v) is 1.56. The van der Waals surface area contributed by atoms with E-state index in [9.17, 15) is 0 Å². The van der Waals surface area contributed by atoms with Crippen LogP contribution in [0.2, 0.25) is 0 Å². The molecule has 0 spiro atoms. The Bertz CT molecular complexity index is 252. The number of hydrogen-bond donors (Lipinski definition) is 1. The van der Waals surface area contributed by atoms with Crippen LogP contribution in [0.25, 0.3) is 0 Å². The first-order valence-electron chi connectivity index (χ1n) is 6.86. The lowest BCUT2D eigenvalue weighted by Gasteiger charge is -2.24. The first kappa shape index (κ1) is 16.2. The van der Waals surface area contributed by atoms with Crippen LogP contribution in [0.3, 0.4) is 0 Å². The minimum atomic E-state index is 0.0862. The second-order valence-corrected chi connectivity index (χ2v) is 5.64. The largest absolute Gasteiger partial charge is 0.304 e. The maximum absolute atomic E-state index is 4.38. The Morgan fingerprint density at radius 1 is 1.12 bits per heavy atom.